The average Bonchev–Trinajstić information content (AvgIpc) is 3.03. The van der Waals surface area contributed by atoms with E-state index >= 15 is 0 Å². The molecule has 5 heteroatoms. The van der Waals surface area contributed by atoms with Crippen molar-refractivity contribution in [2.45, 2.75) is 32.6 Å². The molecular formula is C13H22N2O3. The zero-order chi connectivity index (χ0) is 13.2. The number of nitrogens with zero attached hydrogens (tertiary/aromatic N) is 1. The van der Waals surface area contributed by atoms with Crippen LogP contribution in [0.25, 0.3) is 0 Å². The van der Waals surface area contributed by atoms with Crippen molar-refractivity contribution in [1.82, 2.24) is 4.90 Å². The fourth-order valence-electron chi connectivity index (χ4n) is 2.54. The number of rotatable bonds is 6. The predicted molar refractivity (Wildman–Crippen MR) is 66.7 cm³/mol. The monoisotopic (exact) mass is 254 g/mol. The standard InChI is InChI=1S/C13H22N2O3/c1-2-7-18-9-10-3-6-15(8-10)12(17)13(4-5-13)11(14)16/h10H,2-9H2,1H3,(H2,14,16)/t10-/m0/s1. The Morgan fingerprint density at radius 3 is 2.72 bits per heavy atom. The number of hydrogen-bond donors (Lipinski definition) is 1. The predicted octanol–water partition coefficient (Wildman–Crippen LogP) is 0.527. The maximum Gasteiger partial charge on any atom is 0.238 e. The third-order valence-corrected chi connectivity index (χ3v) is 3.91. The summed E-state index contributed by atoms with van der Waals surface area (Å²) in [4.78, 5) is 25.3. The molecule has 0 unspecified atom stereocenters. The summed E-state index contributed by atoms with van der Waals surface area (Å²) in [5, 5.41) is 0. The molecular weight excluding hydrogens is 232 g/mol. The molecule has 1 aliphatic heterocycles. The van der Waals surface area contributed by atoms with Crippen LogP contribution in [0.5, 0.6) is 0 Å². The number of amides is 2. The van der Waals surface area contributed by atoms with Gasteiger partial charge in [0.25, 0.3) is 0 Å². The van der Waals surface area contributed by atoms with Crippen LogP contribution in [-0.2, 0) is 14.3 Å². The van der Waals surface area contributed by atoms with Gasteiger partial charge in [-0.3, -0.25) is 9.59 Å². The second-order valence-electron chi connectivity index (χ2n) is 5.43. The quantitative estimate of drug-likeness (QED) is 0.555. The topological polar surface area (TPSA) is 72.6 Å². The molecule has 1 saturated carbocycles. The molecule has 0 aromatic carbocycles. The molecule has 102 valence electrons. The van der Waals surface area contributed by atoms with Gasteiger partial charge in [0.05, 0.1) is 6.61 Å². The zero-order valence-electron chi connectivity index (χ0n) is 11.0. The molecule has 18 heavy (non-hydrogen) atoms. The average molecular weight is 254 g/mol. The number of ether oxygens (including phenoxy) is 1. The third kappa shape index (κ3) is 2.51. The number of likely N-dealkylation sites (tertiary alicyclic amines) is 1. The van der Waals surface area contributed by atoms with Crippen LogP contribution in [0.3, 0.4) is 0 Å². The Morgan fingerprint density at radius 1 is 1.44 bits per heavy atom. The molecule has 2 N–H and O–H groups in total. The van der Waals surface area contributed by atoms with Crippen LogP contribution in [0.2, 0.25) is 0 Å². The molecule has 1 aliphatic carbocycles. The van der Waals surface area contributed by atoms with Gasteiger partial charge in [0.15, 0.2) is 0 Å². The molecule has 0 bridgehead atoms. The van der Waals surface area contributed by atoms with Gasteiger partial charge in [-0.05, 0) is 25.7 Å². The molecule has 1 heterocycles. The maximum absolute atomic E-state index is 12.2. The molecule has 2 aliphatic rings. The lowest BCUT2D eigenvalue weighted by Crippen LogP contribution is -2.42. The van der Waals surface area contributed by atoms with E-state index in [2.05, 4.69) is 6.92 Å². The number of primary amides is 1. The van der Waals surface area contributed by atoms with Gasteiger partial charge in [0.2, 0.25) is 11.8 Å². The van der Waals surface area contributed by atoms with Crippen LogP contribution >= 0.6 is 0 Å². The van der Waals surface area contributed by atoms with E-state index in [0.29, 0.717) is 31.9 Å². The van der Waals surface area contributed by atoms with Crippen LogP contribution in [-0.4, -0.2) is 43.0 Å². The minimum atomic E-state index is -0.862. The molecule has 2 amide bonds. The lowest BCUT2D eigenvalue weighted by Gasteiger charge is -2.21. The third-order valence-electron chi connectivity index (χ3n) is 3.91. The van der Waals surface area contributed by atoms with E-state index in [-0.39, 0.29) is 5.91 Å². The molecule has 0 spiro atoms. The molecule has 0 aromatic rings. The SMILES string of the molecule is CCCOC[C@H]1CCN(C(=O)C2(C(N)=O)CC2)C1. The van der Waals surface area contributed by atoms with Gasteiger partial charge in [-0.1, -0.05) is 6.92 Å². The minimum absolute atomic E-state index is 0.0620. The Labute approximate surface area is 108 Å². The molecule has 0 aromatic heterocycles. The highest BCUT2D eigenvalue weighted by molar-refractivity contribution is 6.07. The smallest absolute Gasteiger partial charge is 0.238 e. The Bertz CT molecular complexity index is 339. The number of carbonyl (C=O) groups is 2. The first-order chi connectivity index (χ1) is 8.60. The van der Waals surface area contributed by atoms with Crippen LogP contribution in [0.4, 0.5) is 0 Å². The lowest BCUT2D eigenvalue weighted by molar-refractivity contribution is -0.142. The zero-order valence-corrected chi connectivity index (χ0v) is 11.0. The minimum Gasteiger partial charge on any atom is -0.381 e. The highest BCUT2D eigenvalue weighted by Crippen LogP contribution is 2.47. The summed E-state index contributed by atoms with van der Waals surface area (Å²) in [6, 6.07) is 0. The van der Waals surface area contributed by atoms with Crippen molar-refractivity contribution in [1.29, 1.82) is 0 Å². The Morgan fingerprint density at radius 2 is 2.17 bits per heavy atom. The van der Waals surface area contributed by atoms with Crippen LogP contribution in [0.1, 0.15) is 32.6 Å². The van der Waals surface area contributed by atoms with Gasteiger partial charge in [-0.15, -0.1) is 0 Å². The van der Waals surface area contributed by atoms with Gasteiger partial charge >= 0.3 is 0 Å². The van der Waals surface area contributed by atoms with E-state index in [4.69, 9.17) is 10.5 Å². The largest absolute Gasteiger partial charge is 0.381 e. The van der Waals surface area contributed by atoms with Crippen molar-refractivity contribution in [3.8, 4) is 0 Å². The first kappa shape index (κ1) is 13.3. The van der Waals surface area contributed by atoms with E-state index in [1.807, 2.05) is 0 Å². The summed E-state index contributed by atoms with van der Waals surface area (Å²) in [5.74, 6) is -0.115. The summed E-state index contributed by atoms with van der Waals surface area (Å²) >= 11 is 0. The molecule has 2 fully saturated rings. The fraction of sp³-hybridized carbons (Fsp3) is 0.846. The second-order valence-corrected chi connectivity index (χ2v) is 5.43. The number of nitrogens with two attached hydrogens (primary N) is 1. The lowest BCUT2D eigenvalue weighted by atomic mass is 10.1. The van der Waals surface area contributed by atoms with Gasteiger partial charge in [0.1, 0.15) is 5.41 Å². The van der Waals surface area contributed by atoms with Crippen molar-refractivity contribution < 1.29 is 14.3 Å². The summed E-state index contributed by atoms with van der Waals surface area (Å²) < 4.78 is 5.51. The van der Waals surface area contributed by atoms with E-state index in [9.17, 15) is 9.59 Å². The van der Waals surface area contributed by atoms with E-state index in [0.717, 1.165) is 26.0 Å². The molecule has 1 atom stereocenters. The van der Waals surface area contributed by atoms with Crippen LogP contribution < -0.4 is 5.73 Å². The number of carbonyl (C=O) groups excluding carboxylic acids is 2. The first-order valence-electron chi connectivity index (χ1n) is 6.77. The molecule has 5 nitrogen and oxygen atoms in total. The molecule has 2 rings (SSSR count). The van der Waals surface area contributed by atoms with Crippen LogP contribution in [0, 0.1) is 11.3 Å². The van der Waals surface area contributed by atoms with Gasteiger partial charge in [-0.25, -0.2) is 0 Å². The number of hydrogen-bond acceptors (Lipinski definition) is 3. The maximum atomic E-state index is 12.2. The normalized spacial score (nSPS) is 25.2. The Balaban J connectivity index is 1.82. The Kier molecular flexibility index (Phi) is 3.90. The summed E-state index contributed by atoms with van der Waals surface area (Å²) in [5.41, 5.74) is 4.46. The van der Waals surface area contributed by atoms with Crippen LogP contribution in [0.15, 0.2) is 0 Å². The van der Waals surface area contributed by atoms with E-state index in [1.54, 1.807) is 4.90 Å². The van der Waals surface area contributed by atoms with Crippen molar-refractivity contribution in [3.05, 3.63) is 0 Å². The highest BCUT2D eigenvalue weighted by atomic mass is 16.5. The van der Waals surface area contributed by atoms with Crippen molar-refractivity contribution in [2.75, 3.05) is 26.3 Å². The summed E-state index contributed by atoms with van der Waals surface area (Å²) in [6.07, 6.45) is 3.22. The van der Waals surface area contributed by atoms with E-state index in [1.165, 1.54) is 0 Å². The summed E-state index contributed by atoms with van der Waals surface area (Å²) in [6.45, 7) is 5.00. The van der Waals surface area contributed by atoms with Crippen molar-refractivity contribution >= 4 is 11.8 Å². The van der Waals surface area contributed by atoms with Crippen molar-refractivity contribution in [3.63, 3.8) is 0 Å². The van der Waals surface area contributed by atoms with Gasteiger partial charge in [0, 0.05) is 25.6 Å². The Hall–Kier alpha value is -1.10. The van der Waals surface area contributed by atoms with Crippen molar-refractivity contribution in [2.24, 2.45) is 17.1 Å². The summed E-state index contributed by atoms with van der Waals surface area (Å²) in [7, 11) is 0. The van der Waals surface area contributed by atoms with Gasteiger partial charge < -0.3 is 15.4 Å². The van der Waals surface area contributed by atoms with E-state index < -0.39 is 11.3 Å². The molecule has 1 saturated heterocycles. The molecule has 0 radical (unpaired) electrons. The highest BCUT2D eigenvalue weighted by Gasteiger charge is 2.57. The van der Waals surface area contributed by atoms with Gasteiger partial charge in [-0.2, -0.15) is 0 Å². The fourth-order valence-corrected chi connectivity index (χ4v) is 2.54. The second kappa shape index (κ2) is 5.26. The first-order valence-corrected chi connectivity index (χ1v) is 6.77.